The lowest BCUT2D eigenvalue weighted by atomic mass is 9.80. The highest BCUT2D eigenvalue weighted by Gasteiger charge is 2.50. The number of ether oxygens (including phenoxy) is 2. The second-order valence-electron chi connectivity index (χ2n) is 9.13. The minimum absolute atomic E-state index is 0.0487. The van der Waals surface area contributed by atoms with Crippen LogP contribution in [0.1, 0.15) is 52.7 Å². The zero-order chi connectivity index (χ0) is 21.5. The number of rotatable bonds is 2. The van der Waals surface area contributed by atoms with E-state index in [0.717, 1.165) is 12.1 Å². The Balaban J connectivity index is 2.30. The Kier molecular flexibility index (Phi) is 5.65. The molecule has 0 bridgehead atoms. The van der Waals surface area contributed by atoms with E-state index in [9.17, 15) is 18.4 Å². The number of nitrogens with one attached hydrogen (secondary N) is 1. The molecule has 1 aliphatic rings. The summed E-state index contributed by atoms with van der Waals surface area (Å²) in [6, 6.07) is 2.12. The maximum absolute atomic E-state index is 13.9. The van der Waals surface area contributed by atoms with E-state index >= 15 is 0 Å². The van der Waals surface area contributed by atoms with Gasteiger partial charge in [0.15, 0.2) is 11.6 Å². The Morgan fingerprint density at radius 3 is 2.00 bits per heavy atom. The molecule has 0 spiro atoms. The van der Waals surface area contributed by atoms with Gasteiger partial charge in [-0.3, -0.25) is 0 Å². The van der Waals surface area contributed by atoms with Gasteiger partial charge >= 0.3 is 12.2 Å². The van der Waals surface area contributed by atoms with Crippen LogP contribution in [0.5, 0.6) is 0 Å². The number of alkyl carbamates (subject to hydrolysis) is 1. The fourth-order valence-corrected chi connectivity index (χ4v) is 3.04. The maximum atomic E-state index is 13.9. The molecule has 1 aromatic carbocycles. The van der Waals surface area contributed by atoms with Gasteiger partial charge in [-0.2, -0.15) is 0 Å². The number of aryl methyl sites for hydroxylation is 1. The van der Waals surface area contributed by atoms with Gasteiger partial charge in [0.25, 0.3) is 0 Å². The molecule has 0 atom stereocenters. The quantitative estimate of drug-likeness (QED) is 0.809. The molecule has 2 rings (SSSR count). The van der Waals surface area contributed by atoms with E-state index in [-0.39, 0.29) is 13.1 Å². The van der Waals surface area contributed by atoms with E-state index in [1.54, 1.807) is 48.5 Å². The van der Waals surface area contributed by atoms with Crippen molar-refractivity contribution in [3.05, 3.63) is 34.9 Å². The van der Waals surface area contributed by atoms with E-state index in [0.29, 0.717) is 11.1 Å². The van der Waals surface area contributed by atoms with Crippen molar-refractivity contribution in [3.8, 4) is 0 Å². The van der Waals surface area contributed by atoms with Gasteiger partial charge in [-0.25, -0.2) is 18.4 Å². The molecule has 1 saturated heterocycles. The maximum Gasteiger partial charge on any atom is 0.410 e. The summed E-state index contributed by atoms with van der Waals surface area (Å²) in [5, 5.41) is 2.74. The van der Waals surface area contributed by atoms with Crippen molar-refractivity contribution >= 4 is 12.2 Å². The highest BCUT2D eigenvalue weighted by molar-refractivity contribution is 5.73. The van der Waals surface area contributed by atoms with Crippen LogP contribution in [0.4, 0.5) is 18.4 Å². The predicted octanol–water partition coefficient (Wildman–Crippen LogP) is 4.24. The van der Waals surface area contributed by atoms with E-state index < -0.39 is 40.6 Å². The monoisotopic (exact) mass is 398 g/mol. The Morgan fingerprint density at radius 1 is 1.00 bits per heavy atom. The summed E-state index contributed by atoms with van der Waals surface area (Å²) in [6.45, 7) is 12.1. The van der Waals surface area contributed by atoms with Crippen molar-refractivity contribution in [3.63, 3.8) is 0 Å². The standard InChI is InChI=1S/C20H28F2N2O4/c1-12-8-14(21)15(22)9-13(12)20(23-16(25)27-18(2,3)4)10-24(11-20)17(26)28-19(5,6)7/h8-9H,10-11H2,1-7H3,(H,23,25). The molecule has 1 aromatic rings. The van der Waals surface area contributed by atoms with Crippen molar-refractivity contribution in [2.24, 2.45) is 0 Å². The normalized spacial score (nSPS) is 16.2. The highest BCUT2D eigenvalue weighted by Crippen LogP contribution is 2.36. The number of hydrogen-bond acceptors (Lipinski definition) is 4. The number of halogens is 2. The molecule has 6 nitrogen and oxygen atoms in total. The molecule has 28 heavy (non-hydrogen) atoms. The lowest BCUT2D eigenvalue weighted by Crippen LogP contribution is -2.69. The number of hydrogen-bond donors (Lipinski definition) is 1. The van der Waals surface area contributed by atoms with Gasteiger partial charge < -0.3 is 19.7 Å². The number of carbonyl (C=O) groups is 2. The van der Waals surface area contributed by atoms with Crippen LogP contribution in [0.25, 0.3) is 0 Å². The average Bonchev–Trinajstić information content (AvgIpc) is 2.42. The first kappa shape index (κ1) is 21.9. The van der Waals surface area contributed by atoms with Gasteiger partial charge in [0.2, 0.25) is 0 Å². The summed E-state index contributed by atoms with van der Waals surface area (Å²) < 4.78 is 38.1. The Morgan fingerprint density at radius 2 is 1.50 bits per heavy atom. The third kappa shape index (κ3) is 5.11. The van der Waals surface area contributed by atoms with Gasteiger partial charge in [0.05, 0.1) is 13.1 Å². The van der Waals surface area contributed by atoms with Crippen LogP contribution in [0.15, 0.2) is 12.1 Å². The molecule has 2 amide bonds. The topological polar surface area (TPSA) is 67.9 Å². The number of likely N-dealkylation sites (tertiary alicyclic amines) is 1. The lowest BCUT2D eigenvalue weighted by molar-refractivity contribution is -0.0232. The second kappa shape index (κ2) is 7.22. The molecule has 1 aliphatic heterocycles. The molecular formula is C20H28F2N2O4. The summed E-state index contributed by atoms with van der Waals surface area (Å²) in [7, 11) is 0. The highest BCUT2D eigenvalue weighted by atomic mass is 19.2. The van der Waals surface area contributed by atoms with Crippen molar-refractivity contribution in [2.75, 3.05) is 13.1 Å². The molecule has 1 heterocycles. The zero-order valence-corrected chi connectivity index (χ0v) is 17.4. The summed E-state index contributed by atoms with van der Waals surface area (Å²) in [6.07, 6.45) is -1.25. The van der Waals surface area contributed by atoms with Crippen LogP contribution >= 0.6 is 0 Å². The summed E-state index contributed by atoms with van der Waals surface area (Å²) >= 11 is 0. The van der Waals surface area contributed by atoms with Crippen LogP contribution < -0.4 is 5.32 Å². The SMILES string of the molecule is Cc1cc(F)c(F)cc1C1(NC(=O)OC(C)(C)C)CN(C(=O)OC(C)(C)C)C1. The molecule has 156 valence electrons. The van der Waals surface area contributed by atoms with Gasteiger partial charge in [-0.15, -0.1) is 0 Å². The first-order chi connectivity index (χ1) is 12.6. The molecule has 1 fully saturated rings. The van der Waals surface area contributed by atoms with Gasteiger partial charge in [-0.05, 0) is 71.7 Å². The fraction of sp³-hybridized carbons (Fsp3) is 0.600. The predicted molar refractivity (Wildman–Crippen MR) is 99.9 cm³/mol. The van der Waals surface area contributed by atoms with Crippen molar-refractivity contribution in [1.82, 2.24) is 10.2 Å². The first-order valence-electron chi connectivity index (χ1n) is 9.07. The Bertz CT molecular complexity index is 776. The fourth-order valence-electron chi connectivity index (χ4n) is 3.04. The largest absolute Gasteiger partial charge is 0.444 e. The van der Waals surface area contributed by atoms with Crippen molar-refractivity contribution in [2.45, 2.75) is 65.2 Å². The van der Waals surface area contributed by atoms with Crippen LogP contribution in [0, 0.1) is 18.6 Å². The van der Waals surface area contributed by atoms with E-state index in [1.807, 2.05) is 0 Å². The van der Waals surface area contributed by atoms with Gasteiger partial charge in [0.1, 0.15) is 16.7 Å². The Labute approximate surface area is 164 Å². The van der Waals surface area contributed by atoms with Crippen LogP contribution in [-0.2, 0) is 15.0 Å². The molecule has 1 N–H and O–H groups in total. The third-order valence-corrected chi connectivity index (χ3v) is 4.10. The summed E-state index contributed by atoms with van der Waals surface area (Å²) in [4.78, 5) is 26.1. The second-order valence-corrected chi connectivity index (χ2v) is 9.13. The van der Waals surface area contributed by atoms with Crippen LogP contribution in [0.3, 0.4) is 0 Å². The molecular weight excluding hydrogens is 370 g/mol. The first-order valence-corrected chi connectivity index (χ1v) is 9.07. The number of nitrogens with zero attached hydrogens (tertiary/aromatic N) is 1. The summed E-state index contributed by atoms with van der Waals surface area (Å²) in [5.41, 5.74) is -1.66. The van der Waals surface area contributed by atoms with Crippen molar-refractivity contribution in [1.29, 1.82) is 0 Å². The number of carbonyl (C=O) groups excluding carboxylic acids is 2. The molecule has 0 unspecified atom stereocenters. The zero-order valence-electron chi connectivity index (χ0n) is 17.4. The minimum atomic E-state index is -1.10. The smallest absolute Gasteiger partial charge is 0.410 e. The average molecular weight is 398 g/mol. The van der Waals surface area contributed by atoms with E-state index in [4.69, 9.17) is 9.47 Å². The lowest BCUT2D eigenvalue weighted by Gasteiger charge is -2.50. The summed E-state index contributed by atoms with van der Waals surface area (Å²) in [5.74, 6) is -2.00. The van der Waals surface area contributed by atoms with E-state index in [2.05, 4.69) is 5.32 Å². The van der Waals surface area contributed by atoms with Crippen LogP contribution in [-0.4, -0.2) is 41.4 Å². The van der Waals surface area contributed by atoms with E-state index in [1.165, 1.54) is 4.90 Å². The minimum Gasteiger partial charge on any atom is -0.444 e. The van der Waals surface area contributed by atoms with Gasteiger partial charge in [-0.1, -0.05) is 0 Å². The number of benzene rings is 1. The molecule has 0 aliphatic carbocycles. The Hall–Kier alpha value is -2.38. The molecule has 0 saturated carbocycles. The number of amides is 2. The van der Waals surface area contributed by atoms with Crippen molar-refractivity contribution < 1.29 is 27.8 Å². The molecule has 0 aromatic heterocycles. The molecule has 8 heteroatoms. The van der Waals surface area contributed by atoms with Gasteiger partial charge in [0, 0.05) is 0 Å². The molecule has 0 radical (unpaired) electrons. The third-order valence-electron chi connectivity index (χ3n) is 4.10. The van der Waals surface area contributed by atoms with Crippen LogP contribution in [0.2, 0.25) is 0 Å².